The topological polar surface area (TPSA) is 30.4 Å². The molecule has 0 saturated carbocycles. The fourth-order valence-electron chi connectivity index (χ4n) is 4.39. The highest BCUT2D eigenvalue weighted by molar-refractivity contribution is 6.04. The summed E-state index contributed by atoms with van der Waals surface area (Å²) < 4.78 is 8.53. The van der Waals surface area contributed by atoms with Crippen molar-refractivity contribution in [2.45, 2.75) is 32.7 Å². The van der Waals surface area contributed by atoms with Crippen LogP contribution in [0.1, 0.15) is 25.0 Å². The van der Waals surface area contributed by atoms with Gasteiger partial charge in [0.05, 0.1) is 19.0 Å². The van der Waals surface area contributed by atoms with Gasteiger partial charge in [-0.15, -0.1) is 0 Å². The van der Waals surface area contributed by atoms with Crippen molar-refractivity contribution in [3.05, 3.63) is 71.3 Å². The lowest BCUT2D eigenvalue weighted by Crippen LogP contribution is -2.33. The highest BCUT2D eigenvalue weighted by Gasteiger charge is 2.31. The number of rotatable bonds is 2. The van der Waals surface area contributed by atoms with Crippen molar-refractivity contribution in [1.82, 2.24) is 4.98 Å². The lowest BCUT2D eigenvalue weighted by atomic mass is 9.91. The molecule has 4 aromatic rings. The number of fused-ring (bicyclic) bond motifs is 3. The van der Waals surface area contributed by atoms with E-state index in [2.05, 4.69) is 63.8 Å². The molecule has 0 amide bonds. The first-order chi connectivity index (χ1) is 13.9. The SMILES string of the molecule is [C-]#[N+]C(C)(C)Cc1cc2c3c([n+](C)cnc3c1)-c1c(cc3ccccc3c1C)O2. The van der Waals surface area contributed by atoms with Crippen LogP contribution in [-0.2, 0) is 13.5 Å². The summed E-state index contributed by atoms with van der Waals surface area (Å²) >= 11 is 0. The molecule has 0 unspecified atom stereocenters. The highest BCUT2D eigenvalue weighted by Crippen LogP contribution is 2.48. The van der Waals surface area contributed by atoms with Gasteiger partial charge >= 0.3 is 0 Å². The first-order valence-corrected chi connectivity index (χ1v) is 9.78. The van der Waals surface area contributed by atoms with Gasteiger partial charge in [0, 0.05) is 13.8 Å². The second-order valence-electron chi connectivity index (χ2n) is 8.49. The smallest absolute Gasteiger partial charge is 0.287 e. The number of aryl methyl sites for hydroxylation is 2. The van der Waals surface area contributed by atoms with Gasteiger partial charge in [0.25, 0.3) is 6.33 Å². The monoisotopic (exact) mass is 380 g/mol. The average molecular weight is 380 g/mol. The maximum atomic E-state index is 7.46. The third-order valence-corrected chi connectivity index (χ3v) is 5.77. The lowest BCUT2D eigenvalue weighted by molar-refractivity contribution is -0.662. The number of hydrogen-bond acceptors (Lipinski definition) is 2. The van der Waals surface area contributed by atoms with E-state index in [-0.39, 0.29) is 0 Å². The molecule has 4 heteroatoms. The summed E-state index contributed by atoms with van der Waals surface area (Å²) in [5.74, 6) is 1.69. The van der Waals surface area contributed by atoms with Crippen LogP contribution >= 0.6 is 0 Å². The van der Waals surface area contributed by atoms with E-state index in [1.165, 1.54) is 16.3 Å². The molecule has 0 atom stereocenters. The highest BCUT2D eigenvalue weighted by atomic mass is 16.5. The molecule has 0 fully saturated rings. The van der Waals surface area contributed by atoms with E-state index < -0.39 is 5.54 Å². The molecule has 4 nitrogen and oxygen atoms in total. The molecule has 0 N–H and O–H groups in total. The summed E-state index contributed by atoms with van der Waals surface area (Å²) in [6.45, 7) is 13.5. The number of benzene rings is 3. The number of hydrogen-bond donors (Lipinski definition) is 0. The zero-order chi connectivity index (χ0) is 20.3. The van der Waals surface area contributed by atoms with Crippen molar-refractivity contribution in [2.24, 2.45) is 7.05 Å². The van der Waals surface area contributed by atoms with Crippen LogP contribution < -0.4 is 9.30 Å². The van der Waals surface area contributed by atoms with E-state index in [1.54, 1.807) is 0 Å². The predicted octanol–water partition coefficient (Wildman–Crippen LogP) is 5.53. The minimum absolute atomic E-state index is 0.456. The molecule has 0 spiro atoms. The zero-order valence-corrected chi connectivity index (χ0v) is 17.1. The van der Waals surface area contributed by atoms with Crippen LogP contribution in [0.25, 0.3) is 37.8 Å². The number of ether oxygens (including phenoxy) is 1. The van der Waals surface area contributed by atoms with Gasteiger partial charge in [-0.25, -0.2) is 11.1 Å². The maximum absolute atomic E-state index is 7.46. The molecule has 142 valence electrons. The van der Waals surface area contributed by atoms with E-state index in [9.17, 15) is 0 Å². The Morgan fingerprint density at radius 2 is 1.93 bits per heavy atom. The fraction of sp³-hybridized carbons (Fsp3) is 0.240. The molecule has 5 rings (SSSR count). The van der Waals surface area contributed by atoms with Gasteiger partial charge in [-0.05, 0) is 52.0 Å². The maximum Gasteiger partial charge on any atom is 0.287 e. The van der Waals surface area contributed by atoms with Crippen molar-refractivity contribution >= 4 is 21.7 Å². The van der Waals surface area contributed by atoms with E-state index >= 15 is 0 Å². The lowest BCUT2D eigenvalue weighted by Gasteiger charge is -2.23. The normalized spacial score (nSPS) is 12.5. The minimum Gasteiger partial charge on any atom is -0.456 e. The van der Waals surface area contributed by atoms with Gasteiger partial charge in [0.15, 0.2) is 11.2 Å². The molecule has 0 radical (unpaired) electrons. The molecular weight excluding hydrogens is 358 g/mol. The summed E-state index contributed by atoms with van der Waals surface area (Å²) in [6.07, 6.45) is 2.53. The molecular formula is C25H22N3O+. The molecule has 2 heterocycles. The third-order valence-electron chi connectivity index (χ3n) is 5.77. The van der Waals surface area contributed by atoms with Crippen LogP contribution in [0.15, 0.2) is 48.8 Å². The minimum atomic E-state index is -0.456. The Balaban J connectivity index is 1.83. The molecule has 29 heavy (non-hydrogen) atoms. The van der Waals surface area contributed by atoms with Gasteiger partial charge in [-0.1, -0.05) is 24.3 Å². The molecule has 1 aromatic heterocycles. The standard InChI is InChI=1S/C25H22N3O/c1-15-18-9-7-6-8-17(18)12-21-22(15)24-23-19(27-14-28(24)5)10-16(11-20(23)29-21)13-25(2,3)26-4/h6-12,14H,13H2,1-3,5H3/q+1. The predicted molar refractivity (Wildman–Crippen MR) is 115 cm³/mol. The van der Waals surface area contributed by atoms with Gasteiger partial charge in [-0.2, -0.15) is 0 Å². The molecule has 3 aromatic carbocycles. The first kappa shape index (κ1) is 17.6. The quantitative estimate of drug-likeness (QED) is 0.298. The fourth-order valence-corrected chi connectivity index (χ4v) is 4.39. The van der Waals surface area contributed by atoms with Crippen molar-refractivity contribution in [3.63, 3.8) is 0 Å². The van der Waals surface area contributed by atoms with Crippen LogP contribution in [0, 0.1) is 13.5 Å². The van der Waals surface area contributed by atoms with Gasteiger partial charge in [-0.3, -0.25) is 0 Å². The Labute approximate surface area is 170 Å². The van der Waals surface area contributed by atoms with Crippen molar-refractivity contribution in [3.8, 4) is 22.8 Å². The number of nitrogens with zero attached hydrogens (tertiary/aromatic N) is 3. The molecule has 0 aliphatic carbocycles. The first-order valence-electron chi connectivity index (χ1n) is 9.78. The Morgan fingerprint density at radius 1 is 1.14 bits per heavy atom. The summed E-state index contributed by atoms with van der Waals surface area (Å²) in [4.78, 5) is 8.43. The van der Waals surface area contributed by atoms with E-state index in [1.807, 2.05) is 27.2 Å². The van der Waals surface area contributed by atoms with Crippen LogP contribution in [0.2, 0.25) is 0 Å². The van der Waals surface area contributed by atoms with E-state index in [0.717, 1.165) is 39.2 Å². The molecule has 1 aliphatic rings. The van der Waals surface area contributed by atoms with Gasteiger partial charge < -0.3 is 9.58 Å². The molecule has 1 aliphatic heterocycles. The van der Waals surface area contributed by atoms with Gasteiger partial charge in [0.1, 0.15) is 16.9 Å². The van der Waals surface area contributed by atoms with Crippen LogP contribution in [0.4, 0.5) is 0 Å². The third kappa shape index (κ3) is 2.66. The average Bonchev–Trinajstić information content (AvgIpc) is 2.69. The van der Waals surface area contributed by atoms with E-state index in [0.29, 0.717) is 6.42 Å². The number of aromatic nitrogens is 2. The van der Waals surface area contributed by atoms with Crippen LogP contribution in [-0.4, -0.2) is 10.5 Å². The summed E-state index contributed by atoms with van der Waals surface area (Å²) in [7, 11) is 2.03. The Bertz CT molecular complexity index is 1360. The second kappa shape index (κ2) is 6.02. The second-order valence-corrected chi connectivity index (χ2v) is 8.49. The van der Waals surface area contributed by atoms with Crippen molar-refractivity contribution in [1.29, 1.82) is 0 Å². The molecule has 0 bridgehead atoms. The van der Waals surface area contributed by atoms with Gasteiger partial charge in [0.2, 0.25) is 5.54 Å². The van der Waals surface area contributed by atoms with Crippen molar-refractivity contribution < 1.29 is 9.30 Å². The van der Waals surface area contributed by atoms with Crippen LogP contribution in [0.5, 0.6) is 11.5 Å². The zero-order valence-electron chi connectivity index (χ0n) is 17.1. The largest absolute Gasteiger partial charge is 0.456 e. The van der Waals surface area contributed by atoms with Crippen molar-refractivity contribution in [2.75, 3.05) is 0 Å². The Hall–Kier alpha value is -3.45. The van der Waals surface area contributed by atoms with E-state index in [4.69, 9.17) is 11.3 Å². The Kier molecular flexibility index (Phi) is 3.66. The summed E-state index contributed by atoms with van der Waals surface area (Å²) in [6, 6.07) is 14.7. The molecule has 0 saturated heterocycles. The van der Waals surface area contributed by atoms with Crippen LogP contribution in [0.3, 0.4) is 0 Å². The summed E-state index contributed by atoms with van der Waals surface area (Å²) in [5.41, 5.74) is 4.99. The summed E-state index contributed by atoms with van der Waals surface area (Å²) in [5, 5.41) is 3.44. The Morgan fingerprint density at radius 3 is 2.72 bits per heavy atom.